The molecule has 0 fully saturated rings. The molecule has 39 heavy (non-hydrogen) atoms. The van der Waals surface area contributed by atoms with Gasteiger partial charge in [-0.3, -0.25) is 13.9 Å². The number of hydrogen-bond acceptors (Lipinski definition) is 4. The molecule has 0 saturated carbocycles. The van der Waals surface area contributed by atoms with Crippen LogP contribution >= 0.6 is 0 Å². The van der Waals surface area contributed by atoms with Crippen molar-refractivity contribution < 1.29 is 22.4 Å². The zero-order valence-corrected chi connectivity index (χ0v) is 23.7. The molecule has 3 aromatic carbocycles. The van der Waals surface area contributed by atoms with Gasteiger partial charge in [0.2, 0.25) is 11.8 Å². The molecule has 0 aliphatic carbocycles. The zero-order chi connectivity index (χ0) is 28.6. The van der Waals surface area contributed by atoms with E-state index in [0.717, 1.165) is 21.9 Å². The molecule has 2 amide bonds. The second kappa shape index (κ2) is 13.4. The van der Waals surface area contributed by atoms with Crippen molar-refractivity contribution in [2.75, 3.05) is 17.4 Å². The van der Waals surface area contributed by atoms with Gasteiger partial charge in [-0.1, -0.05) is 56.3 Å². The molecule has 0 saturated heterocycles. The van der Waals surface area contributed by atoms with Gasteiger partial charge in [0, 0.05) is 13.1 Å². The Hall–Kier alpha value is -3.72. The van der Waals surface area contributed by atoms with Crippen molar-refractivity contribution >= 4 is 27.5 Å². The highest BCUT2D eigenvalue weighted by Gasteiger charge is 2.34. The number of anilines is 1. The summed E-state index contributed by atoms with van der Waals surface area (Å²) < 4.78 is 42.5. The van der Waals surface area contributed by atoms with Gasteiger partial charge in [-0.15, -0.1) is 0 Å². The van der Waals surface area contributed by atoms with Gasteiger partial charge in [0.05, 0.1) is 10.6 Å². The van der Waals surface area contributed by atoms with Crippen molar-refractivity contribution in [1.29, 1.82) is 0 Å². The van der Waals surface area contributed by atoms with Crippen LogP contribution in [0.4, 0.5) is 10.1 Å². The quantitative estimate of drug-likeness (QED) is 0.343. The molecular formula is C30H36FN3O4S. The number of rotatable bonds is 12. The Morgan fingerprint density at radius 1 is 0.923 bits per heavy atom. The number of halogens is 1. The summed E-state index contributed by atoms with van der Waals surface area (Å²) in [6.07, 6.45) is 1.04. The van der Waals surface area contributed by atoms with Gasteiger partial charge in [-0.2, -0.15) is 0 Å². The summed E-state index contributed by atoms with van der Waals surface area (Å²) in [4.78, 5) is 28.6. The zero-order valence-electron chi connectivity index (χ0n) is 22.9. The van der Waals surface area contributed by atoms with E-state index in [1.165, 1.54) is 29.2 Å². The second-order valence-corrected chi connectivity index (χ2v) is 11.3. The molecule has 0 aliphatic rings. The van der Waals surface area contributed by atoms with Crippen molar-refractivity contribution in [3.05, 3.63) is 95.3 Å². The second-order valence-electron chi connectivity index (χ2n) is 9.41. The largest absolute Gasteiger partial charge is 0.354 e. The predicted octanol–water partition coefficient (Wildman–Crippen LogP) is 4.97. The average molecular weight is 554 g/mol. The summed E-state index contributed by atoms with van der Waals surface area (Å²) in [5.74, 6) is -1.28. The first kappa shape index (κ1) is 29.8. The van der Waals surface area contributed by atoms with Crippen LogP contribution in [0.25, 0.3) is 0 Å². The third-order valence-corrected chi connectivity index (χ3v) is 8.43. The third-order valence-electron chi connectivity index (χ3n) is 6.66. The number of carbonyl (C=O) groups excluding carboxylic acids is 2. The lowest BCUT2D eigenvalue weighted by atomic mass is 10.1. The standard InChI is InChI=1S/C30H36FN3O4S/c1-5-19-32-30(36)27(6-2)33(20-24-15-17-25(31)18-16-24)29(35)21-34(28-14-10-11-22(3)23(28)4)39(37,38)26-12-8-7-9-13-26/h7-18,27H,5-6,19-21H2,1-4H3,(H,32,36)/t27-/m1/s1. The van der Waals surface area contributed by atoms with E-state index in [9.17, 15) is 22.4 Å². The number of nitrogens with one attached hydrogen (secondary N) is 1. The molecule has 3 rings (SSSR count). The number of aryl methyl sites for hydroxylation is 1. The number of sulfonamides is 1. The average Bonchev–Trinajstić information content (AvgIpc) is 2.93. The minimum absolute atomic E-state index is 0.0171. The predicted molar refractivity (Wildman–Crippen MR) is 151 cm³/mol. The van der Waals surface area contributed by atoms with Gasteiger partial charge in [-0.05, 0) is 73.7 Å². The molecule has 0 spiro atoms. The van der Waals surface area contributed by atoms with Crippen molar-refractivity contribution in [2.45, 2.75) is 58.0 Å². The van der Waals surface area contributed by atoms with Crippen LogP contribution < -0.4 is 9.62 Å². The molecule has 9 heteroatoms. The maximum absolute atomic E-state index is 14.0. The molecule has 1 N–H and O–H groups in total. The maximum Gasteiger partial charge on any atom is 0.264 e. The molecule has 0 bridgehead atoms. The lowest BCUT2D eigenvalue weighted by Gasteiger charge is -2.33. The highest BCUT2D eigenvalue weighted by Crippen LogP contribution is 2.29. The summed E-state index contributed by atoms with van der Waals surface area (Å²) in [6, 6.07) is 18.1. The minimum Gasteiger partial charge on any atom is -0.354 e. The van der Waals surface area contributed by atoms with Crippen LogP contribution in [0, 0.1) is 19.7 Å². The Bertz CT molecular complexity index is 1380. The molecule has 208 valence electrons. The van der Waals surface area contributed by atoms with E-state index in [1.54, 1.807) is 49.4 Å². The highest BCUT2D eigenvalue weighted by molar-refractivity contribution is 7.92. The lowest BCUT2D eigenvalue weighted by Crippen LogP contribution is -2.52. The Morgan fingerprint density at radius 3 is 2.21 bits per heavy atom. The van der Waals surface area contributed by atoms with Crippen LogP contribution in [0.3, 0.4) is 0 Å². The molecule has 0 unspecified atom stereocenters. The number of hydrogen-bond donors (Lipinski definition) is 1. The van der Waals surface area contributed by atoms with Crippen LogP contribution in [0.1, 0.15) is 43.4 Å². The van der Waals surface area contributed by atoms with Crippen LogP contribution in [-0.2, 0) is 26.2 Å². The monoisotopic (exact) mass is 553 g/mol. The maximum atomic E-state index is 14.0. The molecule has 0 aliphatic heterocycles. The molecule has 7 nitrogen and oxygen atoms in total. The van der Waals surface area contributed by atoms with E-state index in [0.29, 0.717) is 24.2 Å². The lowest BCUT2D eigenvalue weighted by molar-refractivity contribution is -0.140. The van der Waals surface area contributed by atoms with Crippen LogP contribution in [-0.4, -0.2) is 44.3 Å². The fourth-order valence-corrected chi connectivity index (χ4v) is 5.80. The summed E-state index contributed by atoms with van der Waals surface area (Å²) in [7, 11) is -4.13. The van der Waals surface area contributed by atoms with E-state index >= 15 is 0 Å². The van der Waals surface area contributed by atoms with Crippen molar-refractivity contribution in [1.82, 2.24) is 10.2 Å². The van der Waals surface area contributed by atoms with Gasteiger partial charge >= 0.3 is 0 Å². The first-order valence-electron chi connectivity index (χ1n) is 13.1. The Kier molecular flexibility index (Phi) is 10.2. The highest BCUT2D eigenvalue weighted by atomic mass is 32.2. The van der Waals surface area contributed by atoms with Crippen molar-refractivity contribution in [3.63, 3.8) is 0 Å². The molecule has 0 radical (unpaired) electrons. The van der Waals surface area contributed by atoms with Gasteiger partial charge in [-0.25, -0.2) is 12.8 Å². The third kappa shape index (κ3) is 7.23. The number of nitrogens with zero attached hydrogens (tertiary/aromatic N) is 2. The summed E-state index contributed by atoms with van der Waals surface area (Å²) >= 11 is 0. The number of amides is 2. The molecule has 0 aromatic heterocycles. The normalized spacial score (nSPS) is 12.0. The van der Waals surface area contributed by atoms with E-state index in [2.05, 4.69) is 5.32 Å². The Labute approximate surface area is 230 Å². The molecular weight excluding hydrogens is 517 g/mol. The Morgan fingerprint density at radius 2 is 1.59 bits per heavy atom. The fourth-order valence-electron chi connectivity index (χ4n) is 4.31. The Balaban J connectivity index is 2.08. The minimum atomic E-state index is -4.13. The van der Waals surface area contributed by atoms with Gasteiger partial charge in [0.1, 0.15) is 18.4 Å². The van der Waals surface area contributed by atoms with Gasteiger partial charge in [0.15, 0.2) is 0 Å². The van der Waals surface area contributed by atoms with E-state index in [1.807, 2.05) is 26.8 Å². The summed E-state index contributed by atoms with van der Waals surface area (Å²) in [5.41, 5.74) is 2.61. The molecule has 1 atom stereocenters. The number of carbonyl (C=O) groups is 2. The fraction of sp³-hybridized carbons (Fsp3) is 0.333. The van der Waals surface area contributed by atoms with Gasteiger partial charge < -0.3 is 10.2 Å². The summed E-state index contributed by atoms with van der Waals surface area (Å²) in [5, 5.41) is 2.85. The summed E-state index contributed by atoms with van der Waals surface area (Å²) in [6.45, 7) is 7.36. The van der Waals surface area contributed by atoms with Gasteiger partial charge in [0.25, 0.3) is 10.0 Å². The molecule has 0 heterocycles. The van der Waals surface area contributed by atoms with Crippen LogP contribution in [0.5, 0.6) is 0 Å². The van der Waals surface area contributed by atoms with Crippen LogP contribution in [0.2, 0.25) is 0 Å². The number of benzene rings is 3. The SMILES string of the molecule is CCCNC(=O)[C@@H](CC)N(Cc1ccc(F)cc1)C(=O)CN(c1cccc(C)c1C)S(=O)(=O)c1ccccc1. The van der Waals surface area contributed by atoms with Crippen molar-refractivity contribution in [3.8, 4) is 0 Å². The van der Waals surface area contributed by atoms with Crippen molar-refractivity contribution in [2.24, 2.45) is 0 Å². The molecule has 3 aromatic rings. The van der Waals surface area contributed by atoms with E-state index in [-0.39, 0.29) is 17.3 Å². The van der Waals surface area contributed by atoms with E-state index < -0.39 is 34.3 Å². The van der Waals surface area contributed by atoms with E-state index in [4.69, 9.17) is 0 Å². The smallest absolute Gasteiger partial charge is 0.264 e. The topological polar surface area (TPSA) is 86.8 Å². The first-order chi connectivity index (χ1) is 18.6. The van der Waals surface area contributed by atoms with Crippen LogP contribution in [0.15, 0.2) is 77.7 Å². The first-order valence-corrected chi connectivity index (χ1v) is 14.5.